The lowest BCUT2D eigenvalue weighted by molar-refractivity contribution is 0.102. The third-order valence-electron chi connectivity index (χ3n) is 3.92. The number of amides is 1. The van der Waals surface area contributed by atoms with E-state index in [9.17, 15) is 4.79 Å². The zero-order valence-electron chi connectivity index (χ0n) is 15.5. The van der Waals surface area contributed by atoms with Gasteiger partial charge in [-0.2, -0.15) is 0 Å². The van der Waals surface area contributed by atoms with Crippen LogP contribution in [0.25, 0.3) is 0 Å². The SMILES string of the molecule is CCCCOCc1cc(C(=O)Nc2cc(C)cc(C)c2)ccc1OC. The molecular formula is C21H27NO3. The van der Waals surface area contributed by atoms with Crippen LogP contribution in [0.2, 0.25) is 0 Å². The molecule has 0 unspecified atom stereocenters. The monoisotopic (exact) mass is 341 g/mol. The van der Waals surface area contributed by atoms with Gasteiger partial charge in [0, 0.05) is 23.4 Å². The van der Waals surface area contributed by atoms with E-state index in [1.165, 1.54) is 0 Å². The number of aryl methyl sites for hydroxylation is 2. The molecule has 0 fully saturated rings. The van der Waals surface area contributed by atoms with Gasteiger partial charge in [-0.1, -0.05) is 19.4 Å². The summed E-state index contributed by atoms with van der Waals surface area (Å²) in [6, 6.07) is 11.4. The van der Waals surface area contributed by atoms with Crippen LogP contribution >= 0.6 is 0 Å². The Balaban J connectivity index is 2.13. The van der Waals surface area contributed by atoms with Crippen molar-refractivity contribution in [2.24, 2.45) is 0 Å². The summed E-state index contributed by atoms with van der Waals surface area (Å²) in [5.74, 6) is 0.599. The van der Waals surface area contributed by atoms with Gasteiger partial charge in [-0.25, -0.2) is 0 Å². The quantitative estimate of drug-likeness (QED) is 0.696. The van der Waals surface area contributed by atoms with E-state index in [-0.39, 0.29) is 5.91 Å². The molecular weight excluding hydrogens is 314 g/mol. The number of unbranched alkanes of at least 4 members (excludes halogenated alkanes) is 1. The highest BCUT2D eigenvalue weighted by atomic mass is 16.5. The summed E-state index contributed by atoms with van der Waals surface area (Å²) in [6.45, 7) is 7.30. The van der Waals surface area contributed by atoms with E-state index >= 15 is 0 Å². The molecule has 25 heavy (non-hydrogen) atoms. The summed E-state index contributed by atoms with van der Waals surface area (Å²) in [4.78, 5) is 12.6. The fourth-order valence-electron chi connectivity index (χ4n) is 2.71. The lowest BCUT2D eigenvalue weighted by Gasteiger charge is -2.12. The first-order chi connectivity index (χ1) is 12.0. The number of methoxy groups -OCH3 is 1. The fourth-order valence-corrected chi connectivity index (χ4v) is 2.71. The highest BCUT2D eigenvalue weighted by molar-refractivity contribution is 6.04. The maximum absolute atomic E-state index is 12.6. The molecule has 0 saturated heterocycles. The predicted molar refractivity (Wildman–Crippen MR) is 101 cm³/mol. The lowest BCUT2D eigenvalue weighted by atomic mass is 10.1. The summed E-state index contributed by atoms with van der Waals surface area (Å²) in [6.07, 6.45) is 2.12. The van der Waals surface area contributed by atoms with Crippen molar-refractivity contribution in [1.29, 1.82) is 0 Å². The van der Waals surface area contributed by atoms with E-state index in [4.69, 9.17) is 9.47 Å². The van der Waals surface area contributed by atoms with E-state index in [0.717, 1.165) is 41.0 Å². The molecule has 0 spiro atoms. The summed E-state index contributed by atoms with van der Waals surface area (Å²) < 4.78 is 11.1. The standard InChI is InChI=1S/C21H27NO3/c1-5-6-9-25-14-18-13-17(7-8-20(18)24-4)21(23)22-19-11-15(2)10-16(3)12-19/h7-8,10-13H,5-6,9,14H2,1-4H3,(H,22,23). The van der Waals surface area contributed by atoms with Crippen molar-refractivity contribution in [2.45, 2.75) is 40.2 Å². The Kier molecular flexibility index (Phi) is 7.02. The molecule has 1 N–H and O–H groups in total. The highest BCUT2D eigenvalue weighted by Crippen LogP contribution is 2.22. The van der Waals surface area contributed by atoms with Crippen molar-refractivity contribution in [3.8, 4) is 5.75 Å². The van der Waals surface area contributed by atoms with E-state index in [2.05, 4.69) is 18.3 Å². The van der Waals surface area contributed by atoms with Gasteiger partial charge in [0.2, 0.25) is 0 Å². The molecule has 2 rings (SSSR count). The van der Waals surface area contributed by atoms with Gasteiger partial charge in [0.05, 0.1) is 13.7 Å². The zero-order chi connectivity index (χ0) is 18.2. The molecule has 134 valence electrons. The summed E-state index contributed by atoms with van der Waals surface area (Å²) in [5.41, 5.74) is 4.52. The van der Waals surface area contributed by atoms with Crippen molar-refractivity contribution in [3.05, 3.63) is 58.7 Å². The molecule has 0 aliphatic heterocycles. The van der Waals surface area contributed by atoms with Crippen molar-refractivity contribution < 1.29 is 14.3 Å². The van der Waals surface area contributed by atoms with Gasteiger partial charge in [-0.05, 0) is 61.7 Å². The Morgan fingerprint density at radius 3 is 2.44 bits per heavy atom. The lowest BCUT2D eigenvalue weighted by Crippen LogP contribution is -2.13. The molecule has 0 radical (unpaired) electrons. The van der Waals surface area contributed by atoms with Crippen LogP contribution in [0.5, 0.6) is 5.75 Å². The molecule has 4 nitrogen and oxygen atoms in total. The fraction of sp³-hybridized carbons (Fsp3) is 0.381. The van der Waals surface area contributed by atoms with Gasteiger partial charge < -0.3 is 14.8 Å². The molecule has 0 aliphatic carbocycles. The Labute approximate surface area is 150 Å². The minimum Gasteiger partial charge on any atom is -0.496 e. The van der Waals surface area contributed by atoms with Gasteiger partial charge in [0.25, 0.3) is 5.91 Å². The Morgan fingerprint density at radius 1 is 1.08 bits per heavy atom. The highest BCUT2D eigenvalue weighted by Gasteiger charge is 2.11. The number of carbonyl (C=O) groups is 1. The van der Waals surface area contributed by atoms with E-state index < -0.39 is 0 Å². The predicted octanol–water partition coefficient (Wildman–Crippen LogP) is 4.88. The summed E-state index contributed by atoms with van der Waals surface area (Å²) >= 11 is 0. The topological polar surface area (TPSA) is 47.6 Å². The van der Waals surface area contributed by atoms with E-state index in [0.29, 0.717) is 18.8 Å². The van der Waals surface area contributed by atoms with Gasteiger partial charge in [0.1, 0.15) is 5.75 Å². The second kappa shape index (κ2) is 9.23. The molecule has 0 saturated carbocycles. The number of nitrogens with one attached hydrogen (secondary N) is 1. The van der Waals surface area contributed by atoms with Gasteiger partial charge in [0.15, 0.2) is 0 Å². The second-order valence-electron chi connectivity index (χ2n) is 6.26. The zero-order valence-corrected chi connectivity index (χ0v) is 15.5. The van der Waals surface area contributed by atoms with Crippen molar-refractivity contribution in [1.82, 2.24) is 0 Å². The average Bonchev–Trinajstić information content (AvgIpc) is 2.57. The number of anilines is 1. The molecule has 0 aromatic heterocycles. The molecule has 0 bridgehead atoms. The van der Waals surface area contributed by atoms with Crippen LogP contribution in [0.15, 0.2) is 36.4 Å². The van der Waals surface area contributed by atoms with E-state index in [1.807, 2.05) is 38.1 Å². The second-order valence-corrected chi connectivity index (χ2v) is 6.26. The minimum atomic E-state index is -0.137. The van der Waals surface area contributed by atoms with Gasteiger partial charge >= 0.3 is 0 Å². The van der Waals surface area contributed by atoms with Crippen LogP contribution in [-0.4, -0.2) is 19.6 Å². The van der Waals surface area contributed by atoms with Crippen LogP contribution in [0.1, 0.15) is 46.8 Å². The number of benzene rings is 2. The molecule has 0 atom stereocenters. The van der Waals surface area contributed by atoms with E-state index in [1.54, 1.807) is 13.2 Å². The number of hydrogen-bond donors (Lipinski definition) is 1. The van der Waals surface area contributed by atoms with Crippen LogP contribution in [0, 0.1) is 13.8 Å². The van der Waals surface area contributed by atoms with Crippen molar-refractivity contribution >= 4 is 11.6 Å². The van der Waals surface area contributed by atoms with Gasteiger partial charge in [-0.15, -0.1) is 0 Å². The van der Waals surface area contributed by atoms with Crippen LogP contribution in [0.4, 0.5) is 5.69 Å². The normalized spacial score (nSPS) is 10.6. The number of hydrogen-bond acceptors (Lipinski definition) is 3. The van der Waals surface area contributed by atoms with Crippen LogP contribution in [0.3, 0.4) is 0 Å². The van der Waals surface area contributed by atoms with Crippen molar-refractivity contribution in [3.63, 3.8) is 0 Å². The largest absolute Gasteiger partial charge is 0.496 e. The third-order valence-corrected chi connectivity index (χ3v) is 3.92. The van der Waals surface area contributed by atoms with Crippen LogP contribution in [-0.2, 0) is 11.3 Å². The molecule has 0 heterocycles. The first-order valence-corrected chi connectivity index (χ1v) is 8.67. The Hall–Kier alpha value is -2.33. The first-order valence-electron chi connectivity index (χ1n) is 8.67. The molecule has 0 aliphatic rings. The molecule has 1 amide bonds. The maximum Gasteiger partial charge on any atom is 0.255 e. The maximum atomic E-state index is 12.6. The number of ether oxygens (including phenoxy) is 2. The smallest absolute Gasteiger partial charge is 0.255 e. The van der Waals surface area contributed by atoms with Crippen molar-refractivity contribution in [2.75, 3.05) is 19.0 Å². The van der Waals surface area contributed by atoms with Gasteiger partial charge in [-0.3, -0.25) is 4.79 Å². The Bertz CT molecular complexity index is 705. The number of carbonyl (C=O) groups excluding carboxylic acids is 1. The summed E-state index contributed by atoms with van der Waals surface area (Å²) in [7, 11) is 1.63. The Morgan fingerprint density at radius 2 is 1.80 bits per heavy atom. The average molecular weight is 341 g/mol. The molecule has 4 heteroatoms. The first kappa shape index (κ1) is 19.0. The van der Waals surface area contributed by atoms with Crippen LogP contribution < -0.4 is 10.1 Å². The number of rotatable bonds is 8. The molecule has 2 aromatic carbocycles. The minimum absolute atomic E-state index is 0.137. The summed E-state index contributed by atoms with van der Waals surface area (Å²) in [5, 5.41) is 2.96. The third kappa shape index (κ3) is 5.61. The molecule has 2 aromatic rings.